The molecular weight excluding hydrogens is 312 g/mol. The maximum absolute atomic E-state index is 11.7. The lowest BCUT2D eigenvalue weighted by Gasteiger charge is -1.98. The van der Waals surface area contributed by atoms with Crippen LogP contribution in [0.15, 0.2) is 56.4 Å². The van der Waals surface area contributed by atoms with Crippen LogP contribution in [0.4, 0.5) is 0 Å². The van der Waals surface area contributed by atoms with Crippen LogP contribution < -0.4 is 0 Å². The highest BCUT2D eigenvalue weighted by atomic mass is 79.9. The minimum Gasteiger partial charge on any atom is -0.465 e. The molecule has 5 nitrogen and oxygen atoms in total. The number of cyclic esters (lactones) is 1. The Morgan fingerprint density at radius 3 is 2.95 bits per heavy atom. The lowest BCUT2D eigenvalue weighted by Crippen LogP contribution is -2.05. The molecule has 19 heavy (non-hydrogen) atoms. The van der Waals surface area contributed by atoms with Gasteiger partial charge < -0.3 is 9.15 Å². The first-order valence-electron chi connectivity index (χ1n) is 5.39. The zero-order valence-corrected chi connectivity index (χ0v) is 11.1. The number of nitrogens with zero attached hydrogens (tertiary/aromatic N) is 2. The summed E-state index contributed by atoms with van der Waals surface area (Å²) in [6.45, 7) is 0. The van der Waals surface area contributed by atoms with Crippen molar-refractivity contribution >= 4 is 33.9 Å². The van der Waals surface area contributed by atoms with Crippen LogP contribution in [-0.2, 0) is 9.53 Å². The quantitative estimate of drug-likeness (QED) is 0.631. The van der Waals surface area contributed by atoms with E-state index in [-0.39, 0.29) is 11.6 Å². The van der Waals surface area contributed by atoms with Crippen LogP contribution in [0.1, 0.15) is 11.3 Å². The zero-order chi connectivity index (χ0) is 13.2. The molecule has 2 aromatic rings. The van der Waals surface area contributed by atoms with Gasteiger partial charge in [-0.3, -0.25) is 4.98 Å². The lowest BCUT2D eigenvalue weighted by molar-refractivity contribution is -0.129. The van der Waals surface area contributed by atoms with Crippen molar-refractivity contribution in [1.29, 1.82) is 0 Å². The minimum absolute atomic E-state index is 0.199. The Labute approximate surface area is 116 Å². The molecule has 3 heterocycles. The van der Waals surface area contributed by atoms with Gasteiger partial charge >= 0.3 is 5.97 Å². The third kappa shape index (κ3) is 2.48. The summed E-state index contributed by atoms with van der Waals surface area (Å²) < 4.78 is 11.0. The Hall–Kier alpha value is -2.21. The number of aromatic nitrogens is 1. The Kier molecular flexibility index (Phi) is 3.00. The van der Waals surface area contributed by atoms with Gasteiger partial charge in [-0.15, -0.1) is 0 Å². The van der Waals surface area contributed by atoms with Gasteiger partial charge in [0.15, 0.2) is 5.70 Å². The number of ether oxygens (including phenoxy) is 1. The van der Waals surface area contributed by atoms with Crippen LogP contribution >= 0.6 is 15.9 Å². The van der Waals surface area contributed by atoms with Crippen LogP contribution in [0.25, 0.3) is 6.08 Å². The van der Waals surface area contributed by atoms with Gasteiger partial charge in [0.25, 0.3) is 0 Å². The summed E-state index contributed by atoms with van der Waals surface area (Å²) >= 11 is 3.30. The van der Waals surface area contributed by atoms with E-state index in [0.29, 0.717) is 11.3 Å². The zero-order valence-electron chi connectivity index (χ0n) is 9.54. The highest BCUT2D eigenvalue weighted by Gasteiger charge is 2.24. The molecule has 0 N–H and O–H groups in total. The first-order valence-corrected chi connectivity index (χ1v) is 6.19. The number of carbonyl (C=O) groups excluding carboxylic acids is 1. The van der Waals surface area contributed by atoms with E-state index in [9.17, 15) is 4.79 Å². The summed E-state index contributed by atoms with van der Waals surface area (Å²) in [5.74, 6) is 0.271. The molecule has 0 aromatic carbocycles. The van der Waals surface area contributed by atoms with E-state index >= 15 is 0 Å². The van der Waals surface area contributed by atoms with Crippen molar-refractivity contribution in [2.24, 2.45) is 4.99 Å². The normalized spacial score (nSPS) is 16.6. The van der Waals surface area contributed by atoms with Crippen LogP contribution in [-0.4, -0.2) is 16.9 Å². The number of aliphatic imine (C=N–C) groups is 1. The first-order chi connectivity index (χ1) is 9.22. The molecule has 3 rings (SSSR count). The number of esters is 1. The second kappa shape index (κ2) is 4.81. The van der Waals surface area contributed by atoms with E-state index < -0.39 is 5.97 Å². The third-order valence-electron chi connectivity index (χ3n) is 2.39. The van der Waals surface area contributed by atoms with Gasteiger partial charge in [-0.05, 0) is 34.1 Å². The topological polar surface area (TPSA) is 64.7 Å². The molecule has 1 aliphatic heterocycles. The summed E-state index contributed by atoms with van der Waals surface area (Å²) in [4.78, 5) is 19.8. The fraction of sp³-hybridized carbons (Fsp3) is 0. The van der Waals surface area contributed by atoms with Gasteiger partial charge in [0, 0.05) is 22.9 Å². The molecule has 0 saturated carbocycles. The summed E-state index contributed by atoms with van der Waals surface area (Å²) in [6.07, 6.45) is 6.27. The van der Waals surface area contributed by atoms with Crippen molar-refractivity contribution in [3.05, 3.63) is 58.3 Å². The molecule has 0 amide bonds. The van der Waals surface area contributed by atoms with Crippen LogP contribution in [0, 0.1) is 0 Å². The van der Waals surface area contributed by atoms with Gasteiger partial charge in [-0.1, -0.05) is 0 Å². The number of pyridine rings is 1. The van der Waals surface area contributed by atoms with Crippen LogP contribution in [0.5, 0.6) is 0 Å². The van der Waals surface area contributed by atoms with E-state index in [1.165, 1.54) is 12.3 Å². The van der Waals surface area contributed by atoms with Gasteiger partial charge in [-0.25, -0.2) is 9.79 Å². The van der Waals surface area contributed by atoms with Gasteiger partial charge in [-0.2, -0.15) is 0 Å². The molecule has 2 aromatic heterocycles. The predicted molar refractivity (Wildman–Crippen MR) is 71.3 cm³/mol. The maximum atomic E-state index is 11.7. The van der Waals surface area contributed by atoms with E-state index in [4.69, 9.17) is 9.15 Å². The number of hydrogen-bond acceptors (Lipinski definition) is 5. The standard InChI is InChI=1S/C13H7BrN2O3/c14-9-4-8(6-15-7-9)12-16-11(13(17)19-12)5-10-2-1-3-18-10/h1-7H/b11-5-. The molecular formula is C13H7BrN2O3. The number of hydrogen-bond donors (Lipinski definition) is 0. The average molecular weight is 319 g/mol. The van der Waals surface area contributed by atoms with Gasteiger partial charge in [0.05, 0.1) is 11.8 Å². The number of halogens is 1. The second-order valence-electron chi connectivity index (χ2n) is 3.74. The van der Waals surface area contributed by atoms with Crippen molar-refractivity contribution in [2.75, 3.05) is 0 Å². The Bertz CT molecular complexity index is 690. The number of rotatable bonds is 2. The molecule has 0 bridgehead atoms. The SMILES string of the molecule is O=C1OC(c2cncc(Br)c2)=N/C1=C\c1ccco1. The van der Waals surface area contributed by atoms with E-state index in [0.717, 1.165) is 4.47 Å². The van der Waals surface area contributed by atoms with Crippen molar-refractivity contribution < 1.29 is 13.9 Å². The molecule has 0 saturated heterocycles. The largest absolute Gasteiger partial charge is 0.465 e. The monoisotopic (exact) mass is 318 g/mol. The molecule has 6 heteroatoms. The van der Waals surface area contributed by atoms with Crippen molar-refractivity contribution in [3.8, 4) is 0 Å². The Balaban J connectivity index is 1.95. The Morgan fingerprint density at radius 1 is 1.32 bits per heavy atom. The van der Waals surface area contributed by atoms with E-state index in [1.54, 1.807) is 30.6 Å². The van der Waals surface area contributed by atoms with Crippen LogP contribution in [0.2, 0.25) is 0 Å². The molecule has 0 fully saturated rings. The smallest absolute Gasteiger partial charge is 0.363 e. The predicted octanol–water partition coefficient (Wildman–Crippen LogP) is 2.78. The summed E-state index contributed by atoms with van der Waals surface area (Å²) in [6, 6.07) is 5.24. The van der Waals surface area contributed by atoms with Crippen LogP contribution in [0.3, 0.4) is 0 Å². The summed E-state index contributed by atoms with van der Waals surface area (Å²) in [5.41, 5.74) is 0.829. The molecule has 0 aliphatic carbocycles. The maximum Gasteiger partial charge on any atom is 0.363 e. The minimum atomic E-state index is -0.508. The average Bonchev–Trinajstić information content (AvgIpc) is 3.01. The fourth-order valence-electron chi connectivity index (χ4n) is 1.57. The van der Waals surface area contributed by atoms with Crippen molar-refractivity contribution in [3.63, 3.8) is 0 Å². The molecule has 0 radical (unpaired) electrons. The fourth-order valence-corrected chi connectivity index (χ4v) is 1.93. The van der Waals surface area contributed by atoms with Gasteiger partial charge in [0.2, 0.25) is 5.90 Å². The highest BCUT2D eigenvalue weighted by Crippen LogP contribution is 2.20. The first kappa shape index (κ1) is 11.9. The number of furan rings is 1. The lowest BCUT2D eigenvalue weighted by atomic mass is 10.3. The second-order valence-corrected chi connectivity index (χ2v) is 4.66. The summed E-state index contributed by atoms with van der Waals surface area (Å²) in [5, 5.41) is 0. The van der Waals surface area contributed by atoms with Crippen molar-refractivity contribution in [1.82, 2.24) is 4.98 Å². The molecule has 1 aliphatic rings. The molecule has 0 atom stereocenters. The molecule has 94 valence electrons. The Morgan fingerprint density at radius 2 is 2.21 bits per heavy atom. The molecule has 0 spiro atoms. The van der Waals surface area contributed by atoms with E-state index in [2.05, 4.69) is 25.9 Å². The highest BCUT2D eigenvalue weighted by molar-refractivity contribution is 9.10. The van der Waals surface area contributed by atoms with Crippen molar-refractivity contribution in [2.45, 2.75) is 0 Å². The molecule has 0 unspecified atom stereocenters. The third-order valence-corrected chi connectivity index (χ3v) is 2.83. The number of carbonyl (C=O) groups is 1. The summed E-state index contributed by atoms with van der Waals surface area (Å²) in [7, 11) is 0. The van der Waals surface area contributed by atoms with E-state index in [1.807, 2.05) is 0 Å². The van der Waals surface area contributed by atoms with Gasteiger partial charge in [0.1, 0.15) is 5.76 Å².